The Kier molecular flexibility index (Phi) is 4.74. The summed E-state index contributed by atoms with van der Waals surface area (Å²) in [5, 5.41) is 0. The molecule has 0 spiro atoms. The second-order valence-corrected chi connectivity index (χ2v) is 6.86. The van der Waals surface area contributed by atoms with E-state index >= 15 is 0 Å². The maximum absolute atomic E-state index is 14.1. The van der Waals surface area contributed by atoms with Gasteiger partial charge in [-0.1, -0.05) is 6.07 Å². The second kappa shape index (κ2) is 6.82. The van der Waals surface area contributed by atoms with Crippen molar-refractivity contribution in [2.24, 2.45) is 17.6 Å². The normalized spacial score (nSPS) is 21.7. The number of piperidine rings is 1. The van der Waals surface area contributed by atoms with Gasteiger partial charge in [-0.3, -0.25) is 14.4 Å². The van der Waals surface area contributed by atoms with Gasteiger partial charge in [0, 0.05) is 32.0 Å². The molecule has 2 aliphatic rings. The van der Waals surface area contributed by atoms with E-state index in [0.29, 0.717) is 25.9 Å². The van der Waals surface area contributed by atoms with Crippen LogP contribution < -0.4 is 10.6 Å². The van der Waals surface area contributed by atoms with Crippen molar-refractivity contribution in [2.45, 2.75) is 26.2 Å². The lowest BCUT2D eigenvalue weighted by molar-refractivity contribution is -0.138. The number of likely N-dealkylation sites (tertiary alicyclic amines) is 1. The van der Waals surface area contributed by atoms with Crippen molar-refractivity contribution in [2.75, 3.05) is 24.5 Å². The summed E-state index contributed by atoms with van der Waals surface area (Å²) in [7, 11) is 0. The molecule has 0 saturated carbocycles. The van der Waals surface area contributed by atoms with Gasteiger partial charge in [-0.05, 0) is 37.5 Å². The molecule has 2 N–H and O–H groups in total. The van der Waals surface area contributed by atoms with Crippen LogP contribution in [0.4, 0.5) is 10.1 Å². The highest BCUT2D eigenvalue weighted by Gasteiger charge is 2.39. The van der Waals surface area contributed by atoms with Crippen molar-refractivity contribution in [1.82, 2.24) is 4.90 Å². The minimum absolute atomic E-state index is 0.0852. The van der Waals surface area contributed by atoms with Crippen LogP contribution in [0.1, 0.15) is 24.8 Å². The highest BCUT2D eigenvalue weighted by molar-refractivity contribution is 6.00. The van der Waals surface area contributed by atoms with Crippen LogP contribution in [0.25, 0.3) is 0 Å². The fourth-order valence-corrected chi connectivity index (χ4v) is 3.58. The Morgan fingerprint density at radius 2 is 1.88 bits per heavy atom. The number of hydrogen-bond donors (Lipinski definition) is 1. The molecule has 0 radical (unpaired) electrons. The molecule has 2 fully saturated rings. The fourth-order valence-electron chi connectivity index (χ4n) is 3.58. The van der Waals surface area contributed by atoms with E-state index in [1.807, 2.05) is 0 Å². The Morgan fingerprint density at radius 1 is 1.20 bits per heavy atom. The summed E-state index contributed by atoms with van der Waals surface area (Å²) in [6.45, 7) is 2.90. The van der Waals surface area contributed by atoms with Gasteiger partial charge in [0.15, 0.2) is 0 Å². The molecule has 6 nitrogen and oxygen atoms in total. The van der Waals surface area contributed by atoms with Crippen molar-refractivity contribution in [3.63, 3.8) is 0 Å². The molecule has 0 bridgehead atoms. The Morgan fingerprint density at radius 3 is 2.48 bits per heavy atom. The number of aryl methyl sites for hydroxylation is 1. The molecule has 0 aromatic heterocycles. The van der Waals surface area contributed by atoms with E-state index < -0.39 is 11.7 Å². The molecule has 1 aromatic rings. The number of benzene rings is 1. The lowest BCUT2D eigenvalue weighted by atomic mass is 9.95. The quantitative estimate of drug-likeness (QED) is 0.892. The Balaban J connectivity index is 1.66. The Labute approximate surface area is 145 Å². The molecule has 7 heteroatoms. The predicted octanol–water partition coefficient (Wildman–Crippen LogP) is 1.21. The molecule has 25 heavy (non-hydrogen) atoms. The maximum Gasteiger partial charge on any atom is 0.228 e. The third-order valence-corrected chi connectivity index (χ3v) is 5.08. The van der Waals surface area contributed by atoms with Crippen LogP contribution >= 0.6 is 0 Å². The minimum Gasteiger partial charge on any atom is -0.369 e. The van der Waals surface area contributed by atoms with Crippen molar-refractivity contribution in [3.05, 3.63) is 29.6 Å². The monoisotopic (exact) mass is 347 g/mol. The average molecular weight is 347 g/mol. The molecular formula is C18H22FN3O3. The molecule has 2 heterocycles. The number of primary amides is 1. The van der Waals surface area contributed by atoms with Gasteiger partial charge in [-0.25, -0.2) is 4.39 Å². The van der Waals surface area contributed by atoms with Crippen LogP contribution in [-0.2, 0) is 14.4 Å². The van der Waals surface area contributed by atoms with Gasteiger partial charge >= 0.3 is 0 Å². The van der Waals surface area contributed by atoms with E-state index in [1.165, 1.54) is 11.0 Å². The molecule has 0 aliphatic carbocycles. The van der Waals surface area contributed by atoms with E-state index in [-0.39, 0.29) is 42.3 Å². The number of hydrogen-bond acceptors (Lipinski definition) is 3. The first-order valence-electron chi connectivity index (χ1n) is 8.51. The zero-order valence-electron chi connectivity index (χ0n) is 14.2. The number of halogens is 1. The summed E-state index contributed by atoms with van der Waals surface area (Å²) in [6, 6.07) is 4.70. The van der Waals surface area contributed by atoms with Gasteiger partial charge in [0.1, 0.15) is 5.82 Å². The smallest absolute Gasteiger partial charge is 0.228 e. The van der Waals surface area contributed by atoms with Crippen LogP contribution in [0, 0.1) is 24.6 Å². The molecule has 1 atom stereocenters. The molecule has 2 aliphatic heterocycles. The van der Waals surface area contributed by atoms with Crippen LogP contribution in [0.3, 0.4) is 0 Å². The van der Waals surface area contributed by atoms with Gasteiger partial charge in [0.2, 0.25) is 17.7 Å². The lowest BCUT2D eigenvalue weighted by Gasteiger charge is -2.32. The predicted molar refractivity (Wildman–Crippen MR) is 90.1 cm³/mol. The fraction of sp³-hybridized carbons (Fsp3) is 0.500. The number of carbonyl (C=O) groups excluding carboxylic acids is 3. The standard InChI is InChI=1S/C18H22FN3O3/c1-11-2-3-15(14(19)8-11)22-10-13(9-16(22)23)18(25)21-6-4-12(5-7-21)17(20)24/h2-3,8,12-13H,4-7,9-10H2,1H3,(H2,20,24). The minimum atomic E-state index is -0.474. The molecular weight excluding hydrogens is 325 g/mol. The van der Waals surface area contributed by atoms with Crippen molar-refractivity contribution < 1.29 is 18.8 Å². The topological polar surface area (TPSA) is 83.7 Å². The molecule has 3 rings (SSSR count). The summed E-state index contributed by atoms with van der Waals surface area (Å²) in [5.74, 6) is -1.79. The number of anilines is 1. The largest absolute Gasteiger partial charge is 0.369 e. The van der Waals surface area contributed by atoms with E-state index in [0.717, 1.165) is 5.56 Å². The van der Waals surface area contributed by atoms with E-state index in [9.17, 15) is 18.8 Å². The Bertz CT molecular complexity index is 714. The number of nitrogens with two attached hydrogens (primary N) is 1. The van der Waals surface area contributed by atoms with Crippen LogP contribution in [0.15, 0.2) is 18.2 Å². The van der Waals surface area contributed by atoms with Gasteiger partial charge in [0.05, 0.1) is 11.6 Å². The third-order valence-electron chi connectivity index (χ3n) is 5.08. The van der Waals surface area contributed by atoms with Crippen molar-refractivity contribution in [3.8, 4) is 0 Å². The molecule has 2 saturated heterocycles. The van der Waals surface area contributed by atoms with Crippen molar-refractivity contribution >= 4 is 23.4 Å². The van der Waals surface area contributed by atoms with Crippen LogP contribution in [0.2, 0.25) is 0 Å². The van der Waals surface area contributed by atoms with E-state index in [4.69, 9.17) is 5.73 Å². The van der Waals surface area contributed by atoms with Gasteiger partial charge in [0.25, 0.3) is 0 Å². The highest BCUT2D eigenvalue weighted by Crippen LogP contribution is 2.30. The molecule has 1 aromatic carbocycles. The van der Waals surface area contributed by atoms with Gasteiger partial charge < -0.3 is 15.5 Å². The van der Waals surface area contributed by atoms with E-state index in [2.05, 4.69) is 0 Å². The number of nitrogens with zero attached hydrogens (tertiary/aromatic N) is 2. The highest BCUT2D eigenvalue weighted by atomic mass is 19.1. The summed E-state index contributed by atoms with van der Waals surface area (Å²) >= 11 is 0. The molecule has 1 unspecified atom stereocenters. The van der Waals surface area contributed by atoms with Crippen LogP contribution in [-0.4, -0.2) is 42.3 Å². The SMILES string of the molecule is Cc1ccc(N2CC(C(=O)N3CCC(C(N)=O)CC3)CC2=O)c(F)c1. The molecule has 134 valence electrons. The summed E-state index contributed by atoms with van der Waals surface area (Å²) in [6.07, 6.45) is 1.19. The first kappa shape index (κ1) is 17.4. The summed E-state index contributed by atoms with van der Waals surface area (Å²) < 4.78 is 14.1. The number of carbonyl (C=O) groups is 3. The zero-order chi connectivity index (χ0) is 18.1. The van der Waals surface area contributed by atoms with Crippen LogP contribution in [0.5, 0.6) is 0 Å². The first-order valence-corrected chi connectivity index (χ1v) is 8.51. The van der Waals surface area contributed by atoms with Gasteiger partial charge in [-0.15, -0.1) is 0 Å². The third kappa shape index (κ3) is 3.50. The zero-order valence-corrected chi connectivity index (χ0v) is 14.2. The average Bonchev–Trinajstić information content (AvgIpc) is 2.96. The number of rotatable bonds is 3. The first-order chi connectivity index (χ1) is 11.9. The summed E-state index contributed by atoms with van der Waals surface area (Å²) in [5.41, 5.74) is 6.30. The van der Waals surface area contributed by atoms with Crippen molar-refractivity contribution in [1.29, 1.82) is 0 Å². The summed E-state index contributed by atoms with van der Waals surface area (Å²) in [4.78, 5) is 39.2. The molecule has 3 amide bonds. The Hall–Kier alpha value is -2.44. The number of amides is 3. The second-order valence-electron chi connectivity index (χ2n) is 6.86. The lowest BCUT2D eigenvalue weighted by Crippen LogP contribution is -2.44. The van der Waals surface area contributed by atoms with Gasteiger partial charge in [-0.2, -0.15) is 0 Å². The maximum atomic E-state index is 14.1. The van der Waals surface area contributed by atoms with E-state index in [1.54, 1.807) is 24.0 Å².